The molecule has 1 aromatic heterocycles. The van der Waals surface area contributed by atoms with Gasteiger partial charge in [0.25, 0.3) is 0 Å². The quantitative estimate of drug-likeness (QED) is 0.643. The van der Waals surface area contributed by atoms with E-state index in [0.29, 0.717) is 23.9 Å². The highest BCUT2D eigenvalue weighted by molar-refractivity contribution is 6.03. The smallest absolute Gasteiger partial charge is 0.337 e. The molecule has 6 nitrogen and oxygen atoms in total. The molecule has 2 aromatic carbocycles. The zero-order chi connectivity index (χ0) is 17.8. The average molecular weight is 338 g/mol. The van der Waals surface area contributed by atoms with Gasteiger partial charge in [-0.25, -0.2) is 4.79 Å². The number of phenolic OH excluding ortho intramolecular Hbond substituents is 1. The maximum atomic E-state index is 12.2. The number of fused-ring (bicyclic) bond motifs is 1. The molecule has 3 rings (SSSR count). The number of hydrogen-bond acceptors (Lipinski definition) is 3. The highest BCUT2D eigenvalue weighted by atomic mass is 16.4. The van der Waals surface area contributed by atoms with Crippen molar-refractivity contribution in [2.45, 2.75) is 13.0 Å². The molecule has 0 aliphatic carbocycles. The van der Waals surface area contributed by atoms with E-state index >= 15 is 0 Å². The predicted molar refractivity (Wildman–Crippen MR) is 93.7 cm³/mol. The van der Waals surface area contributed by atoms with Crippen molar-refractivity contribution in [2.24, 2.45) is 0 Å². The minimum absolute atomic E-state index is 0.0363. The summed E-state index contributed by atoms with van der Waals surface area (Å²) in [7, 11) is 0. The minimum atomic E-state index is -1.02. The molecule has 3 aromatic rings. The molecule has 25 heavy (non-hydrogen) atoms. The molecule has 1 amide bonds. The van der Waals surface area contributed by atoms with E-state index in [4.69, 9.17) is 0 Å². The largest absolute Gasteiger partial charge is 0.508 e. The number of hydrogen-bond donors (Lipinski definition) is 3. The molecule has 0 saturated heterocycles. The Bertz CT molecular complexity index is 930. The summed E-state index contributed by atoms with van der Waals surface area (Å²) in [5.74, 6) is -1.03. The molecule has 0 radical (unpaired) electrons. The van der Waals surface area contributed by atoms with E-state index in [0.717, 1.165) is 5.56 Å². The minimum Gasteiger partial charge on any atom is -0.508 e. The Morgan fingerprint density at radius 2 is 1.76 bits per heavy atom. The van der Waals surface area contributed by atoms with E-state index in [1.54, 1.807) is 47.0 Å². The summed E-state index contributed by atoms with van der Waals surface area (Å²) in [5.41, 5.74) is 1.65. The van der Waals surface area contributed by atoms with Crippen LogP contribution in [0.4, 0.5) is 0 Å². The number of nitrogens with one attached hydrogen (secondary N) is 1. The van der Waals surface area contributed by atoms with Crippen LogP contribution >= 0.6 is 0 Å². The van der Waals surface area contributed by atoms with E-state index < -0.39 is 5.97 Å². The molecule has 0 unspecified atom stereocenters. The van der Waals surface area contributed by atoms with Crippen LogP contribution in [0.2, 0.25) is 0 Å². The summed E-state index contributed by atoms with van der Waals surface area (Å²) in [6.07, 6.45) is 2.00. The van der Waals surface area contributed by atoms with Gasteiger partial charge in [-0.15, -0.1) is 0 Å². The van der Waals surface area contributed by atoms with E-state index in [-0.39, 0.29) is 23.8 Å². The number of carboxylic acids is 1. The van der Waals surface area contributed by atoms with Crippen molar-refractivity contribution < 1.29 is 19.8 Å². The normalized spacial score (nSPS) is 10.7. The fourth-order valence-electron chi connectivity index (χ4n) is 2.82. The molecule has 0 atom stereocenters. The Hall–Kier alpha value is -3.28. The van der Waals surface area contributed by atoms with Crippen molar-refractivity contribution in [3.8, 4) is 5.75 Å². The molecule has 0 aliphatic rings. The van der Waals surface area contributed by atoms with E-state index in [2.05, 4.69) is 5.32 Å². The Kier molecular flexibility index (Phi) is 4.70. The van der Waals surface area contributed by atoms with Crippen LogP contribution in [0.3, 0.4) is 0 Å². The highest BCUT2D eigenvalue weighted by Gasteiger charge is 2.15. The molecule has 0 saturated carbocycles. The van der Waals surface area contributed by atoms with Crippen LogP contribution < -0.4 is 5.32 Å². The second-order valence-electron chi connectivity index (χ2n) is 5.72. The molecule has 1 heterocycles. The zero-order valence-corrected chi connectivity index (χ0v) is 13.5. The van der Waals surface area contributed by atoms with E-state index in [1.807, 2.05) is 6.07 Å². The maximum absolute atomic E-state index is 12.2. The Morgan fingerprint density at radius 3 is 2.52 bits per heavy atom. The number of rotatable bonds is 6. The zero-order valence-electron chi connectivity index (χ0n) is 13.5. The van der Waals surface area contributed by atoms with Crippen molar-refractivity contribution in [1.82, 2.24) is 9.88 Å². The monoisotopic (exact) mass is 338 g/mol. The number of carbonyl (C=O) groups is 2. The highest BCUT2D eigenvalue weighted by Crippen LogP contribution is 2.21. The Labute approximate surface area is 144 Å². The van der Waals surface area contributed by atoms with Crippen LogP contribution in [-0.4, -0.2) is 33.2 Å². The van der Waals surface area contributed by atoms with Crippen molar-refractivity contribution >= 4 is 22.8 Å². The predicted octanol–water partition coefficient (Wildman–Crippen LogP) is 2.40. The molecule has 0 bridgehead atoms. The summed E-state index contributed by atoms with van der Waals surface area (Å²) in [4.78, 5) is 23.5. The second kappa shape index (κ2) is 7.09. The Morgan fingerprint density at radius 1 is 1.04 bits per heavy atom. The fourth-order valence-corrected chi connectivity index (χ4v) is 2.82. The van der Waals surface area contributed by atoms with Crippen LogP contribution in [0.5, 0.6) is 5.75 Å². The lowest BCUT2D eigenvalue weighted by Gasteiger charge is -2.08. The van der Waals surface area contributed by atoms with Gasteiger partial charge in [-0.05, 0) is 24.1 Å². The third kappa shape index (κ3) is 3.63. The van der Waals surface area contributed by atoms with Crippen LogP contribution in [-0.2, 0) is 17.8 Å². The standard InChI is InChI=1S/C19H18N2O4/c22-17-8-4-1-5-13(17)9-10-20-18(23)12-21-11-15(19(24)25)14-6-2-3-7-16(14)21/h1-8,11,22H,9-10,12H2,(H,20,23)(H,24,25). The topological polar surface area (TPSA) is 91.6 Å². The number of amides is 1. The molecule has 128 valence electrons. The summed E-state index contributed by atoms with van der Waals surface area (Å²) in [5, 5.41) is 22.4. The van der Waals surface area contributed by atoms with Crippen LogP contribution in [0, 0.1) is 0 Å². The van der Waals surface area contributed by atoms with E-state index in [9.17, 15) is 19.8 Å². The van der Waals surface area contributed by atoms with Crippen molar-refractivity contribution in [2.75, 3.05) is 6.54 Å². The lowest BCUT2D eigenvalue weighted by molar-refractivity contribution is -0.121. The number of nitrogens with zero attached hydrogens (tertiary/aromatic N) is 1. The molecule has 0 fully saturated rings. The molecule has 6 heteroatoms. The SMILES string of the molecule is O=C(Cn1cc(C(=O)O)c2ccccc21)NCCc1ccccc1O. The number of aromatic carboxylic acids is 1. The summed E-state index contributed by atoms with van der Waals surface area (Å²) in [6.45, 7) is 0.427. The van der Waals surface area contributed by atoms with Crippen molar-refractivity contribution in [1.29, 1.82) is 0 Å². The molecule has 0 aliphatic heterocycles. The van der Waals surface area contributed by atoms with Crippen LogP contribution in [0.15, 0.2) is 54.7 Å². The van der Waals surface area contributed by atoms with Gasteiger partial charge in [0.1, 0.15) is 12.3 Å². The third-order valence-corrected chi connectivity index (χ3v) is 4.04. The first-order valence-corrected chi connectivity index (χ1v) is 7.91. The molecule has 0 spiro atoms. The number of carbonyl (C=O) groups excluding carboxylic acids is 1. The van der Waals surface area contributed by atoms with Crippen LogP contribution in [0.25, 0.3) is 10.9 Å². The lowest BCUT2D eigenvalue weighted by atomic mass is 10.1. The second-order valence-corrected chi connectivity index (χ2v) is 5.72. The maximum Gasteiger partial charge on any atom is 0.337 e. The van der Waals surface area contributed by atoms with Gasteiger partial charge in [-0.1, -0.05) is 36.4 Å². The lowest BCUT2D eigenvalue weighted by Crippen LogP contribution is -2.29. The van der Waals surface area contributed by atoms with Gasteiger partial charge in [-0.2, -0.15) is 0 Å². The van der Waals surface area contributed by atoms with Gasteiger partial charge in [0, 0.05) is 23.6 Å². The van der Waals surface area contributed by atoms with Gasteiger partial charge in [0.2, 0.25) is 5.91 Å². The van der Waals surface area contributed by atoms with E-state index in [1.165, 1.54) is 6.20 Å². The molecular weight excluding hydrogens is 320 g/mol. The summed E-state index contributed by atoms with van der Waals surface area (Å²) < 4.78 is 1.63. The first-order valence-electron chi connectivity index (χ1n) is 7.91. The third-order valence-electron chi connectivity index (χ3n) is 4.04. The van der Waals surface area contributed by atoms with Gasteiger partial charge in [0.15, 0.2) is 0 Å². The average Bonchev–Trinajstić information content (AvgIpc) is 2.96. The molecule has 3 N–H and O–H groups in total. The van der Waals surface area contributed by atoms with Crippen molar-refractivity contribution in [3.63, 3.8) is 0 Å². The summed E-state index contributed by atoms with van der Waals surface area (Å²) >= 11 is 0. The number of aromatic hydroxyl groups is 1. The number of para-hydroxylation sites is 2. The Balaban J connectivity index is 1.66. The number of aromatic nitrogens is 1. The van der Waals surface area contributed by atoms with Crippen LogP contribution in [0.1, 0.15) is 15.9 Å². The fraction of sp³-hybridized carbons (Fsp3) is 0.158. The number of phenols is 1. The van der Waals surface area contributed by atoms with Gasteiger partial charge < -0.3 is 20.1 Å². The van der Waals surface area contributed by atoms with Gasteiger partial charge in [0.05, 0.1) is 5.56 Å². The summed E-state index contributed by atoms with van der Waals surface area (Å²) in [6, 6.07) is 14.1. The number of carboxylic acid groups (broad SMARTS) is 1. The molecular formula is C19H18N2O4. The van der Waals surface area contributed by atoms with Gasteiger partial charge >= 0.3 is 5.97 Å². The first-order chi connectivity index (χ1) is 12.1. The van der Waals surface area contributed by atoms with Crippen molar-refractivity contribution in [3.05, 3.63) is 65.9 Å². The number of benzene rings is 2. The first kappa shape index (κ1) is 16.6. The van der Waals surface area contributed by atoms with Gasteiger partial charge in [-0.3, -0.25) is 4.79 Å².